The molecule has 0 fully saturated rings. The van der Waals surface area contributed by atoms with Crippen molar-refractivity contribution in [3.8, 4) is 0 Å². The van der Waals surface area contributed by atoms with Crippen LogP contribution in [0, 0.1) is 0 Å². The molecular formula is C16H18N4O2. The summed E-state index contributed by atoms with van der Waals surface area (Å²) in [6.07, 6.45) is 0. The van der Waals surface area contributed by atoms with Crippen LogP contribution in [0.1, 0.15) is 12.5 Å². The summed E-state index contributed by atoms with van der Waals surface area (Å²) in [5.74, 6) is 0.234. The van der Waals surface area contributed by atoms with E-state index < -0.39 is 0 Å². The number of carbonyl (C=O) groups excluding carboxylic acids is 1. The van der Waals surface area contributed by atoms with Crippen LogP contribution >= 0.6 is 0 Å². The zero-order chi connectivity index (χ0) is 15.7. The summed E-state index contributed by atoms with van der Waals surface area (Å²) in [6, 6.07) is 9.30. The van der Waals surface area contributed by atoms with E-state index in [1.165, 1.54) is 0 Å². The molecule has 2 aromatic rings. The SMILES string of the molecule is CC1CN=C(C(=O)N(C)Cc2cc(=O)[nH]c3ccccc23)N1. The molecule has 1 aromatic carbocycles. The van der Waals surface area contributed by atoms with Crippen LogP contribution in [-0.2, 0) is 11.3 Å². The number of amidine groups is 1. The highest BCUT2D eigenvalue weighted by Gasteiger charge is 2.23. The molecule has 0 saturated heterocycles. The number of hydrogen-bond acceptors (Lipinski definition) is 4. The number of aromatic nitrogens is 1. The third-order valence-electron chi connectivity index (χ3n) is 3.70. The maximum absolute atomic E-state index is 12.4. The number of amides is 1. The number of nitrogens with one attached hydrogen (secondary N) is 2. The molecule has 6 nitrogen and oxygen atoms in total. The number of benzene rings is 1. The zero-order valence-electron chi connectivity index (χ0n) is 12.6. The lowest BCUT2D eigenvalue weighted by molar-refractivity contribution is -0.123. The van der Waals surface area contributed by atoms with Crippen LogP contribution in [0.15, 0.2) is 40.1 Å². The minimum atomic E-state index is -0.167. The van der Waals surface area contributed by atoms with Crippen molar-refractivity contribution in [1.29, 1.82) is 0 Å². The quantitative estimate of drug-likeness (QED) is 0.883. The average molecular weight is 298 g/mol. The van der Waals surface area contributed by atoms with E-state index in [1.54, 1.807) is 18.0 Å². The number of likely N-dealkylation sites (N-methyl/N-ethyl adjacent to an activating group) is 1. The number of aromatic amines is 1. The maximum Gasteiger partial charge on any atom is 0.288 e. The first-order valence-electron chi connectivity index (χ1n) is 7.22. The van der Waals surface area contributed by atoms with E-state index in [0.29, 0.717) is 18.9 Å². The summed E-state index contributed by atoms with van der Waals surface area (Å²) < 4.78 is 0. The van der Waals surface area contributed by atoms with Gasteiger partial charge in [-0.25, -0.2) is 0 Å². The van der Waals surface area contributed by atoms with Crippen molar-refractivity contribution in [2.75, 3.05) is 13.6 Å². The Bertz CT molecular complexity index is 809. The van der Waals surface area contributed by atoms with Gasteiger partial charge in [-0.2, -0.15) is 0 Å². The fourth-order valence-electron chi connectivity index (χ4n) is 2.60. The second-order valence-electron chi connectivity index (χ2n) is 5.60. The van der Waals surface area contributed by atoms with Gasteiger partial charge in [0.25, 0.3) is 5.91 Å². The van der Waals surface area contributed by atoms with Gasteiger partial charge >= 0.3 is 0 Å². The van der Waals surface area contributed by atoms with E-state index in [1.807, 2.05) is 31.2 Å². The molecule has 1 aromatic heterocycles. The third-order valence-corrected chi connectivity index (χ3v) is 3.70. The Labute approximate surface area is 127 Å². The zero-order valence-corrected chi connectivity index (χ0v) is 12.6. The van der Waals surface area contributed by atoms with Crippen molar-refractivity contribution in [3.63, 3.8) is 0 Å². The number of hydrogen-bond donors (Lipinski definition) is 2. The topological polar surface area (TPSA) is 77.6 Å². The molecule has 0 bridgehead atoms. The summed E-state index contributed by atoms with van der Waals surface area (Å²) >= 11 is 0. The molecule has 114 valence electrons. The number of carbonyl (C=O) groups is 1. The van der Waals surface area contributed by atoms with Crippen LogP contribution in [0.3, 0.4) is 0 Å². The summed E-state index contributed by atoms with van der Waals surface area (Å²) in [6.45, 7) is 2.95. The van der Waals surface area contributed by atoms with Gasteiger partial charge in [-0.15, -0.1) is 0 Å². The van der Waals surface area contributed by atoms with Crippen LogP contribution in [0.4, 0.5) is 0 Å². The molecule has 1 aliphatic rings. The van der Waals surface area contributed by atoms with Gasteiger partial charge in [0.15, 0.2) is 5.84 Å². The first-order valence-corrected chi connectivity index (χ1v) is 7.22. The second-order valence-corrected chi connectivity index (χ2v) is 5.60. The smallest absolute Gasteiger partial charge is 0.288 e. The predicted molar refractivity (Wildman–Crippen MR) is 85.9 cm³/mol. The van der Waals surface area contributed by atoms with E-state index in [-0.39, 0.29) is 17.5 Å². The Morgan fingerprint density at radius 2 is 2.18 bits per heavy atom. The van der Waals surface area contributed by atoms with E-state index in [9.17, 15) is 9.59 Å². The van der Waals surface area contributed by atoms with Gasteiger partial charge in [0.1, 0.15) is 0 Å². The van der Waals surface area contributed by atoms with Gasteiger partial charge in [0.2, 0.25) is 5.56 Å². The minimum absolute atomic E-state index is 0.159. The number of pyridine rings is 1. The van der Waals surface area contributed by atoms with Crippen LogP contribution in [0.25, 0.3) is 10.9 Å². The Hall–Kier alpha value is -2.63. The Balaban J connectivity index is 1.87. The molecule has 2 heterocycles. The fourth-order valence-corrected chi connectivity index (χ4v) is 2.60. The second kappa shape index (κ2) is 5.63. The third kappa shape index (κ3) is 2.72. The Morgan fingerprint density at radius 3 is 2.91 bits per heavy atom. The number of H-pyrrole nitrogens is 1. The van der Waals surface area contributed by atoms with Gasteiger partial charge in [-0.1, -0.05) is 18.2 Å². The van der Waals surface area contributed by atoms with Crippen molar-refractivity contribution in [1.82, 2.24) is 15.2 Å². The van der Waals surface area contributed by atoms with Crippen molar-refractivity contribution in [2.24, 2.45) is 4.99 Å². The van der Waals surface area contributed by atoms with Gasteiger partial charge in [-0.3, -0.25) is 14.6 Å². The molecule has 1 amide bonds. The van der Waals surface area contributed by atoms with Crippen LogP contribution in [0.5, 0.6) is 0 Å². The number of fused-ring (bicyclic) bond motifs is 1. The number of rotatable bonds is 3. The molecule has 1 unspecified atom stereocenters. The average Bonchev–Trinajstić information content (AvgIpc) is 2.92. The molecule has 0 aliphatic carbocycles. The van der Waals surface area contributed by atoms with Crippen molar-refractivity contribution in [3.05, 3.63) is 46.2 Å². The Morgan fingerprint density at radius 1 is 1.41 bits per heavy atom. The number of aliphatic imine (C=N–C) groups is 1. The molecule has 0 saturated carbocycles. The molecule has 6 heteroatoms. The maximum atomic E-state index is 12.4. The van der Waals surface area contributed by atoms with Gasteiger partial charge in [0.05, 0.1) is 6.54 Å². The van der Waals surface area contributed by atoms with Gasteiger partial charge in [0, 0.05) is 36.6 Å². The van der Waals surface area contributed by atoms with E-state index >= 15 is 0 Å². The van der Waals surface area contributed by atoms with Crippen LogP contribution < -0.4 is 10.9 Å². The van der Waals surface area contributed by atoms with E-state index in [2.05, 4.69) is 15.3 Å². The highest BCUT2D eigenvalue weighted by atomic mass is 16.2. The highest BCUT2D eigenvalue weighted by molar-refractivity contribution is 6.38. The number of nitrogens with zero attached hydrogens (tertiary/aromatic N) is 2. The molecule has 0 spiro atoms. The minimum Gasteiger partial charge on any atom is -0.361 e. The normalized spacial score (nSPS) is 17.2. The molecule has 3 rings (SSSR count). The standard InChI is InChI=1S/C16H18N4O2/c1-10-8-17-15(18-10)16(22)20(2)9-11-7-14(21)19-13-6-4-3-5-12(11)13/h3-7,10H,8-9H2,1-2H3,(H,17,18)(H,19,21). The predicted octanol–water partition coefficient (Wildman–Crippen LogP) is 0.877. The lowest BCUT2D eigenvalue weighted by atomic mass is 10.1. The molecular weight excluding hydrogens is 280 g/mol. The first kappa shape index (κ1) is 14.3. The van der Waals surface area contributed by atoms with E-state index in [4.69, 9.17) is 0 Å². The van der Waals surface area contributed by atoms with Crippen molar-refractivity contribution >= 4 is 22.6 Å². The van der Waals surface area contributed by atoms with Crippen molar-refractivity contribution in [2.45, 2.75) is 19.5 Å². The summed E-state index contributed by atoms with van der Waals surface area (Å²) in [7, 11) is 1.71. The Kier molecular flexibility index (Phi) is 3.66. The lowest BCUT2D eigenvalue weighted by Gasteiger charge is -2.18. The van der Waals surface area contributed by atoms with Crippen molar-refractivity contribution < 1.29 is 4.79 Å². The number of para-hydroxylation sites is 1. The molecule has 2 N–H and O–H groups in total. The van der Waals surface area contributed by atoms with Crippen LogP contribution in [0.2, 0.25) is 0 Å². The fraction of sp³-hybridized carbons (Fsp3) is 0.312. The summed E-state index contributed by atoms with van der Waals surface area (Å²) in [5, 5.41) is 4.00. The summed E-state index contributed by atoms with van der Waals surface area (Å²) in [4.78, 5) is 32.7. The first-order chi connectivity index (χ1) is 10.5. The van der Waals surface area contributed by atoms with Gasteiger partial charge < -0.3 is 15.2 Å². The largest absolute Gasteiger partial charge is 0.361 e. The van der Waals surface area contributed by atoms with E-state index in [0.717, 1.165) is 16.5 Å². The molecule has 22 heavy (non-hydrogen) atoms. The molecule has 0 radical (unpaired) electrons. The van der Waals surface area contributed by atoms with Crippen LogP contribution in [-0.4, -0.2) is 41.3 Å². The monoisotopic (exact) mass is 298 g/mol. The molecule has 1 aliphatic heterocycles. The lowest BCUT2D eigenvalue weighted by Crippen LogP contribution is -2.41. The van der Waals surface area contributed by atoms with Gasteiger partial charge in [-0.05, 0) is 18.6 Å². The highest BCUT2D eigenvalue weighted by Crippen LogP contribution is 2.16. The molecule has 1 atom stereocenters. The summed E-state index contributed by atoms with van der Waals surface area (Å²) in [5.41, 5.74) is 1.43.